The molecule has 3 rings (SSSR count). The summed E-state index contributed by atoms with van der Waals surface area (Å²) in [4.78, 5) is 28.4. The normalized spacial score (nSPS) is 12.0. The van der Waals surface area contributed by atoms with E-state index < -0.39 is 28.5 Å². The molecule has 0 aromatic heterocycles. The van der Waals surface area contributed by atoms with Crippen molar-refractivity contribution in [1.29, 1.82) is 0 Å². The Balaban J connectivity index is 2.04. The molecule has 2 amide bonds. The van der Waals surface area contributed by atoms with Crippen LogP contribution >= 0.6 is 0 Å². The molecular formula is C30H37N3O4S. The summed E-state index contributed by atoms with van der Waals surface area (Å²) < 4.78 is 28.9. The van der Waals surface area contributed by atoms with Crippen molar-refractivity contribution in [2.45, 2.75) is 58.5 Å². The Morgan fingerprint density at radius 3 is 2.18 bits per heavy atom. The molecule has 0 bridgehead atoms. The number of nitrogens with one attached hydrogen (secondary N) is 1. The van der Waals surface area contributed by atoms with Crippen LogP contribution in [0.2, 0.25) is 0 Å². The van der Waals surface area contributed by atoms with Crippen molar-refractivity contribution in [3.05, 3.63) is 95.1 Å². The fraction of sp³-hybridized carbons (Fsp3) is 0.333. The molecule has 0 saturated carbocycles. The summed E-state index contributed by atoms with van der Waals surface area (Å²) in [5.41, 5.74) is 4.03. The van der Waals surface area contributed by atoms with Crippen LogP contribution in [0.25, 0.3) is 0 Å². The minimum absolute atomic E-state index is 0.0903. The van der Waals surface area contributed by atoms with Crippen LogP contribution < -0.4 is 9.62 Å². The fourth-order valence-electron chi connectivity index (χ4n) is 4.11. The maximum Gasteiger partial charge on any atom is 0.264 e. The van der Waals surface area contributed by atoms with Crippen molar-refractivity contribution in [3.63, 3.8) is 0 Å². The monoisotopic (exact) mass is 535 g/mol. The van der Waals surface area contributed by atoms with E-state index in [-0.39, 0.29) is 17.3 Å². The Kier molecular flexibility index (Phi) is 9.69. The molecule has 3 aromatic rings. The van der Waals surface area contributed by atoms with Crippen molar-refractivity contribution < 1.29 is 18.0 Å². The number of aryl methyl sites for hydroxylation is 2. The molecule has 0 spiro atoms. The van der Waals surface area contributed by atoms with Gasteiger partial charge < -0.3 is 10.2 Å². The SMILES string of the molecule is CCCNC(=O)C(C)N(Cc1ccc(C)cc1)C(=O)CN(c1cccc(C)c1C)S(=O)(=O)c1ccccc1. The van der Waals surface area contributed by atoms with Gasteiger partial charge in [-0.2, -0.15) is 0 Å². The number of benzene rings is 3. The van der Waals surface area contributed by atoms with E-state index in [0.717, 1.165) is 33.0 Å². The Hall–Kier alpha value is -3.65. The van der Waals surface area contributed by atoms with Crippen LogP contribution in [0, 0.1) is 20.8 Å². The summed E-state index contributed by atoms with van der Waals surface area (Å²) in [7, 11) is -4.08. The van der Waals surface area contributed by atoms with Gasteiger partial charge in [-0.15, -0.1) is 0 Å². The molecule has 0 radical (unpaired) electrons. The third kappa shape index (κ3) is 6.81. The lowest BCUT2D eigenvalue weighted by molar-refractivity contribution is -0.139. The van der Waals surface area contributed by atoms with Gasteiger partial charge in [0.1, 0.15) is 12.6 Å². The molecule has 0 aliphatic heterocycles. The van der Waals surface area contributed by atoms with Crippen molar-refractivity contribution in [1.82, 2.24) is 10.2 Å². The number of hydrogen-bond acceptors (Lipinski definition) is 4. The van der Waals surface area contributed by atoms with Gasteiger partial charge in [-0.25, -0.2) is 8.42 Å². The molecule has 0 aliphatic carbocycles. The first kappa shape index (κ1) is 28.9. The summed E-state index contributed by atoms with van der Waals surface area (Å²) in [6, 6.07) is 20.4. The van der Waals surface area contributed by atoms with Crippen LogP contribution in [0.5, 0.6) is 0 Å². The molecule has 202 valence electrons. The van der Waals surface area contributed by atoms with Gasteiger partial charge in [-0.3, -0.25) is 13.9 Å². The largest absolute Gasteiger partial charge is 0.354 e. The van der Waals surface area contributed by atoms with E-state index >= 15 is 0 Å². The molecule has 1 unspecified atom stereocenters. The second-order valence-electron chi connectivity index (χ2n) is 9.52. The summed E-state index contributed by atoms with van der Waals surface area (Å²) >= 11 is 0. The summed E-state index contributed by atoms with van der Waals surface area (Å²) in [6.45, 7) is 9.56. The third-order valence-electron chi connectivity index (χ3n) is 6.64. The highest BCUT2D eigenvalue weighted by Crippen LogP contribution is 2.29. The van der Waals surface area contributed by atoms with Crippen molar-refractivity contribution in [2.24, 2.45) is 0 Å². The molecule has 1 atom stereocenters. The number of nitrogens with zero attached hydrogens (tertiary/aromatic N) is 2. The van der Waals surface area contributed by atoms with E-state index in [1.807, 2.05) is 58.0 Å². The maximum absolute atomic E-state index is 13.9. The van der Waals surface area contributed by atoms with E-state index in [0.29, 0.717) is 12.2 Å². The number of carbonyl (C=O) groups excluding carboxylic acids is 2. The van der Waals surface area contributed by atoms with Crippen LogP contribution in [0.15, 0.2) is 77.7 Å². The molecule has 0 aliphatic rings. The lowest BCUT2D eigenvalue weighted by atomic mass is 10.1. The number of amides is 2. The Morgan fingerprint density at radius 1 is 0.895 bits per heavy atom. The molecule has 0 fully saturated rings. The summed E-state index contributed by atoms with van der Waals surface area (Å²) in [5, 5.41) is 2.86. The molecule has 3 aromatic carbocycles. The molecule has 0 heterocycles. The zero-order valence-corrected chi connectivity index (χ0v) is 23.6. The first-order valence-corrected chi connectivity index (χ1v) is 14.3. The zero-order valence-electron chi connectivity index (χ0n) is 22.8. The highest BCUT2D eigenvalue weighted by atomic mass is 32.2. The fourth-order valence-corrected chi connectivity index (χ4v) is 5.60. The molecule has 1 N–H and O–H groups in total. The Bertz CT molecular complexity index is 1360. The van der Waals surface area contributed by atoms with E-state index in [1.54, 1.807) is 37.3 Å². The van der Waals surface area contributed by atoms with Gasteiger partial charge in [0.2, 0.25) is 11.8 Å². The first-order valence-electron chi connectivity index (χ1n) is 12.8. The Morgan fingerprint density at radius 2 is 1.55 bits per heavy atom. The summed E-state index contributed by atoms with van der Waals surface area (Å²) in [6.07, 6.45) is 0.764. The molecule has 0 saturated heterocycles. The molecule has 7 nitrogen and oxygen atoms in total. The third-order valence-corrected chi connectivity index (χ3v) is 8.42. The van der Waals surface area contributed by atoms with Crippen LogP contribution in [0.3, 0.4) is 0 Å². The minimum Gasteiger partial charge on any atom is -0.354 e. The van der Waals surface area contributed by atoms with Gasteiger partial charge in [0.25, 0.3) is 10.0 Å². The minimum atomic E-state index is -4.08. The van der Waals surface area contributed by atoms with E-state index in [1.165, 1.54) is 17.0 Å². The van der Waals surface area contributed by atoms with Crippen molar-refractivity contribution in [2.75, 3.05) is 17.4 Å². The van der Waals surface area contributed by atoms with Crippen LogP contribution in [-0.4, -0.2) is 44.3 Å². The van der Waals surface area contributed by atoms with E-state index in [9.17, 15) is 18.0 Å². The molecular weight excluding hydrogens is 498 g/mol. The smallest absolute Gasteiger partial charge is 0.264 e. The number of rotatable bonds is 11. The standard InChI is InChI=1S/C30H37N3O4S/c1-6-19-31-30(35)25(5)32(20-26-17-15-22(2)16-18-26)29(34)21-33(28-14-10-11-23(3)24(28)4)38(36,37)27-12-8-7-9-13-27/h7-18,25H,6,19-21H2,1-5H3,(H,31,35). The van der Waals surface area contributed by atoms with E-state index in [4.69, 9.17) is 0 Å². The van der Waals surface area contributed by atoms with Crippen LogP contribution in [-0.2, 0) is 26.2 Å². The number of carbonyl (C=O) groups is 2. The molecule has 38 heavy (non-hydrogen) atoms. The predicted octanol–water partition coefficient (Wildman–Crippen LogP) is 4.75. The second kappa shape index (κ2) is 12.7. The topological polar surface area (TPSA) is 86.8 Å². The second-order valence-corrected chi connectivity index (χ2v) is 11.4. The Labute approximate surface area is 226 Å². The maximum atomic E-state index is 13.9. The van der Waals surface area contributed by atoms with Gasteiger partial charge in [0.15, 0.2) is 0 Å². The lowest BCUT2D eigenvalue weighted by Gasteiger charge is -2.32. The van der Waals surface area contributed by atoms with Gasteiger partial charge in [-0.1, -0.05) is 67.1 Å². The van der Waals surface area contributed by atoms with Crippen molar-refractivity contribution in [3.8, 4) is 0 Å². The first-order chi connectivity index (χ1) is 18.1. The van der Waals surface area contributed by atoms with Crippen molar-refractivity contribution >= 4 is 27.5 Å². The highest BCUT2D eigenvalue weighted by Gasteiger charge is 2.33. The van der Waals surface area contributed by atoms with Gasteiger partial charge in [-0.05, 0) is 69.0 Å². The predicted molar refractivity (Wildman–Crippen MR) is 151 cm³/mol. The quantitative estimate of drug-likeness (QED) is 0.384. The average Bonchev–Trinajstić information content (AvgIpc) is 2.91. The number of sulfonamides is 1. The lowest BCUT2D eigenvalue weighted by Crippen LogP contribution is -2.51. The number of hydrogen-bond donors (Lipinski definition) is 1. The average molecular weight is 536 g/mol. The molecule has 8 heteroatoms. The zero-order chi connectivity index (χ0) is 27.9. The van der Waals surface area contributed by atoms with Gasteiger partial charge in [0, 0.05) is 13.1 Å². The number of anilines is 1. The van der Waals surface area contributed by atoms with Gasteiger partial charge in [0.05, 0.1) is 10.6 Å². The summed E-state index contributed by atoms with van der Waals surface area (Å²) in [5.74, 6) is -0.748. The van der Waals surface area contributed by atoms with Crippen LogP contribution in [0.1, 0.15) is 42.5 Å². The van der Waals surface area contributed by atoms with Crippen LogP contribution in [0.4, 0.5) is 5.69 Å². The van der Waals surface area contributed by atoms with Gasteiger partial charge >= 0.3 is 0 Å². The van der Waals surface area contributed by atoms with E-state index in [2.05, 4.69) is 5.32 Å². The highest BCUT2D eigenvalue weighted by molar-refractivity contribution is 7.92.